The van der Waals surface area contributed by atoms with Gasteiger partial charge in [-0.15, -0.1) is 0 Å². The Kier molecular flexibility index (Phi) is 4.65. The van der Waals surface area contributed by atoms with Crippen molar-refractivity contribution in [2.24, 2.45) is 0 Å². The Hall–Kier alpha value is -2.95. The Balaban J connectivity index is 1.72. The van der Waals surface area contributed by atoms with Crippen LogP contribution in [0.5, 0.6) is 0 Å². The minimum absolute atomic E-state index is 0.0908. The molecule has 0 atom stereocenters. The predicted octanol–water partition coefficient (Wildman–Crippen LogP) is 3.03. The molecule has 0 radical (unpaired) electrons. The second kappa shape index (κ2) is 6.89. The van der Waals surface area contributed by atoms with Gasteiger partial charge in [-0.05, 0) is 37.6 Å². The molecular weight excluding hydrogens is 316 g/mol. The number of aryl methyl sites for hydroxylation is 1. The first-order valence-electron chi connectivity index (χ1n) is 8.35. The summed E-state index contributed by atoms with van der Waals surface area (Å²) in [6.45, 7) is 4.49. The summed E-state index contributed by atoms with van der Waals surface area (Å²) in [5, 5.41) is 0. The molecule has 128 valence electrons. The number of hydrogen-bond donors (Lipinski definition) is 0. The summed E-state index contributed by atoms with van der Waals surface area (Å²) >= 11 is 0. The van der Waals surface area contributed by atoms with Crippen molar-refractivity contribution in [3.8, 4) is 0 Å². The number of nitrogens with zero attached hydrogens (tertiary/aromatic N) is 2. The molecule has 1 aliphatic rings. The molecule has 0 bridgehead atoms. The highest BCUT2D eigenvalue weighted by Gasteiger charge is 2.35. The standard InChI is InChI=1S/C20H20N2O3/c1-3-21(17-11-7-4-8-14(17)2)18(23)12-13-22-19(24)15-9-5-6-10-16(15)20(22)25/h4-11H,3,12-13H2,1-2H3. The number of imide groups is 1. The Bertz CT molecular complexity index is 809. The summed E-state index contributed by atoms with van der Waals surface area (Å²) in [6, 6.07) is 14.4. The van der Waals surface area contributed by atoms with Gasteiger partial charge in [-0.25, -0.2) is 0 Å². The van der Waals surface area contributed by atoms with E-state index in [0.29, 0.717) is 17.7 Å². The average Bonchev–Trinajstić information content (AvgIpc) is 2.87. The Morgan fingerprint density at radius 3 is 2.08 bits per heavy atom. The molecule has 0 saturated heterocycles. The van der Waals surface area contributed by atoms with Crippen molar-refractivity contribution in [2.75, 3.05) is 18.0 Å². The van der Waals surface area contributed by atoms with E-state index in [-0.39, 0.29) is 30.7 Å². The number of para-hydroxylation sites is 1. The van der Waals surface area contributed by atoms with Crippen LogP contribution in [0.3, 0.4) is 0 Å². The van der Waals surface area contributed by atoms with Gasteiger partial charge in [0.05, 0.1) is 11.1 Å². The minimum atomic E-state index is -0.327. The summed E-state index contributed by atoms with van der Waals surface area (Å²) in [6.07, 6.45) is 0.105. The SMILES string of the molecule is CCN(C(=O)CCN1C(=O)c2ccccc2C1=O)c1ccccc1C. The smallest absolute Gasteiger partial charge is 0.261 e. The number of hydrogen-bond acceptors (Lipinski definition) is 3. The van der Waals surface area contributed by atoms with Gasteiger partial charge in [-0.2, -0.15) is 0 Å². The fraction of sp³-hybridized carbons (Fsp3) is 0.250. The molecule has 5 nitrogen and oxygen atoms in total. The highest BCUT2D eigenvalue weighted by molar-refractivity contribution is 6.21. The topological polar surface area (TPSA) is 57.7 Å². The second-order valence-corrected chi connectivity index (χ2v) is 5.98. The van der Waals surface area contributed by atoms with Gasteiger partial charge in [0, 0.05) is 25.2 Å². The van der Waals surface area contributed by atoms with Gasteiger partial charge in [0.2, 0.25) is 5.91 Å². The highest BCUT2D eigenvalue weighted by Crippen LogP contribution is 2.24. The van der Waals surface area contributed by atoms with E-state index in [1.165, 1.54) is 0 Å². The van der Waals surface area contributed by atoms with Crippen molar-refractivity contribution in [1.29, 1.82) is 0 Å². The third kappa shape index (κ3) is 3.05. The number of carbonyl (C=O) groups is 3. The molecule has 0 aliphatic carbocycles. The lowest BCUT2D eigenvalue weighted by Gasteiger charge is -2.24. The molecule has 3 rings (SSSR count). The first-order valence-corrected chi connectivity index (χ1v) is 8.35. The maximum atomic E-state index is 12.6. The lowest BCUT2D eigenvalue weighted by Crippen LogP contribution is -2.37. The minimum Gasteiger partial charge on any atom is -0.312 e. The lowest BCUT2D eigenvalue weighted by atomic mass is 10.1. The average molecular weight is 336 g/mol. The normalized spacial score (nSPS) is 13.1. The molecule has 2 aromatic rings. The Labute approximate surface area is 146 Å². The molecule has 1 aliphatic heterocycles. The molecular formula is C20H20N2O3. The quantitative estimate of drug-likeness (QED) is 0.789. The van der Waals surface area contributed by atoms with E-state index in [1.54, 1.807) is 29.2 Å². The van der Waals surface area contributed by atoms with Crippen LogP contribution < -0.4 is 4.90 Å². The summed E-state index contributed by atoms with van der Waals surface area (Å²) in [7, 11) is 0. The van der Waals surface area contributed by atoms with Gasteiger partial charge in [-0.3, -0.25) is 19.3 Å². The zero-order valence-corrected chi connectivity index (χ0v) is 14.4. The summed E-state index contributed by atoms with van der Waals surface area (Å²) < 4.78 is 0. The largest absolute Gasteiger partial charge is 0.312 e. The zero-order valence-electron chi connectivity index (χ0n) is 14.4. The van der Waals surface area contributed by atoms with E-state index in [1.807, 2.05) is 38.1 Å². The fourth-order valence-electron chi connectivity index (χ4n) is 3.13. The van der Waals surface area contributed by atoms with E-state index in [4.69, 9.17) is 0 Å². The van der Waals surface area contributed by atoms with Crippen LogP contribution in [0.4, 0.5) is 5.69 Å². The van der Waals surface area contributed by atoms with Crippen molar-refractivity contribution in [3.63, 3.8) is 0 Å². The number of rotatable bonds is 5. The lowest BCUT2D eigenvalue weighted by molar-refractivity contribution is -0.118. The van der Waals surface area contributed by atoms with Crippen LogP contribution in [0.2, 0.25) is 0 Å². The first-order chi connectivity index (χ1) is 12.0. The number of benzene rings is 2. The zero-order chi connectivity index (χ0) is 18.0. The van der Waals surface area contributed by atoms with Crippen molar-refractivity contribution >= 4 is 23.4 Å². The van der Waals surface area contributed by atoms with Crippen LogP contribution in [0.1, 0.15) is 39.6 Å². The molecule has 0 saturated carbocycles. The number of anilines is 1. The molecule has 5 heteroatoms. The number of fused-ring (bicyclic) bond motifs is 1. The molecule has 0 fully saturated rings. The van der Waals surface area contributed by atoms with Crippen LogP contribution in [0.25, 0.3) is 0 Å². The summed E-state index contributed by atoms with van der Waals surface area (Å²) in [5.74, 6) is -0.756. The predicted molar refractivity (Wildman–Crippen MR) is 95.6 cm³/mol. The third-order valence-electron chi connectivity index (χ3n) is 4.45. The Morgan fingerprint density at radius 1 is 0.960 bits per heavy atom. The highest BCUT2D eigenvalue weighted by atomic mass is 16.2. The van der Waals surface area contributed by atoms with Gasteiger partial charge in [0.1, 0.15) is 0 Å². The summed E-state index contributed by atoms with van der Waals surface area (Å²) in [4.78, 5) is 40.2. The molecule has 0 aromatic heterocycles. The second-order valence-electron chi connectivity index (χ2n) is 5.98. The molecule has 0 unspecified atom stereocenters. The third-order valence-corrected chi connectivity index (χ3v) is 4.45. The van der Waals surface area contributed by atoms with Crippen LogP contribution in [-0.2, 0) is 4.79 Å². The molecule has 0 N–H and O–H groups in total. The maximum Gasteiger partial charge on any atom is 0.261 e. The van der Waals surface area contributed by atoms with Crippen molar-refractivity contribution in [2.45, 2.75) is 20.3 Å². The van der Waals surface area contributed by atoms with Crippen molar-refractivity contribution in [1.82, 2.24) is 4.90 Å². The number of carbonyl (C=O) groups excluding carboxylic acids is 3. The molecule has 2 aromatic carbocycles. The van der Waals surface area contributed by atoms with Gasteiger partial charge in [0.15, 0.2) is 0 Å². The molecule has 3 amide bonds. The van der Waals surface area contributed by atoms with Crippen LogP contribution >= 0.6 is 0 Å². The van der Waals surface area contributed by atoms with Crippen molar-refractivity contribution < 1.29 is 14.4 Å². The van der Waals surface area contributed by atoms with Crippen LogP contribution in [-0.4, -0.2) is 35.7 Å². The number of amides is 3. The monoisotopic (exact) mass is 336 g/mol. The maximum absolute atomic E-state index is 12.6. The van der Waals surface area contributed by atoms with E-state index in [9.17, 15) is 14.4 Å². The van der Waals surface area contributed by atoms with E-state index in [0.717, 1.165) is 16.2 Å². The molecule has 1 heterocycles. The van der Waals surface area contributed by atoms with E-state index >= 15 is 0 Å². The molecule has 0 spiro atoms. The van der Waals surface area contributed by atoms with Crippen LogP contribution in [0.15, 0.2) is 48.5 Å². The van der Waals surface area contributed by atoms with E-state index in [2.05, 4.69) is 0 Å². The van der Waals surface area contributed by atoms with Gasteiger partial charge < -0.3 is 4.90 Å². The van der Waals surface area contributed by atoms with Gasteiger partial charge in [-0.1, -0.05) is 30.3 Å². The van der Waals surface area contributed by atoms with Crippen LogP contribution in [0, 0.1) is 6.92 Å². The summed E-state index contributed by atoms with van der Waals surface area (Å²) in [5.41, 5.74) is 2.69. The van der Waals surface area contributed by atoms with Gasteiger partial charge >= 0.3 is 0 Å². The van der Waals surface area contributed by atoms with Crippen molar-refractivity contribution in [3.05, 3.63) is 65.2 Å². The fourth-order valence-corrected chi connectivity index (χ4v) is 3.13. The Morgan fingerprint density at radius 2 is 1.52 bits per heavy atom. The molecule has 25 heavy (non-hydrogen) atoms. The van der Waals surface area contributed by atoms with Gasteiger partial charge in [0.25, 0.3) is 11.8 Å². The first kappa shape index (κ1) is 16.9. The van der Waals surface area contributed by atoms with E-state index < -0.39 is 0 Å².